The molecule has 0 radical (unpaired) electrons. The Kier molecular flexibility index (Phi) is 2.32. The molecule has 0 saturated heterocycles. The first-order valence-corrected chi connectivity index (χ1v) is 4.48. The van der Waals surface area contributed by atoms with Crippen LogP contribution in [0.15, 0.2) is 23.2 Å². The topological polar surface area (TPSA) is 99.0 Å². The molecule has 6 heteroatoms. The highest BCUT2D eigenvalue weighted by Gasteiger charge is 2.20. The maximum atomic E-state index is 10.7. The third-order valence-corrected chi connectivity index (χ3v) is 2.19. The molecule has 1 aromatic rings. The summed E-state index contributed by atoms with van der Waals surface area (Å²) in [5.41, 5.74) is 1.23. The SMILES string of the molecule is O=C(O)c1ccc2c(c1)NC(C(=O)O)N=C2. The number of nitrogens with zero attached hydrogens (tertiary/aromatic N) is 1. The van der Waals surface area contributed by atoms with Crippen LogP contribution in [0.25, 0.3) is 0 Å². The Bertz CT molecular complexity index is 496. The van der Waals surface area contributed by atoms with Gasteiger partial charge in [-0.15, -0.1) is 0 Å². The van der Waals surface area contributed by atoms with Gasteiger partial charge in [-0.25, -0.2) is 9.59 Å². The van der Waals surface area contributed by atoms with Gasteiger partial charge in [0.1, 0.15) is 0 Å². The van der Waals surface area contributed by atoms with Crippen LogP contribution in [0.5, 0.6) is 0 Å². The zero-order valence-corrected chi connectivity index (χ0v) is 8.04. The molecule has 1 aliphatic heterocycles. The normalized spacial score (nSPS) is 17.4. The molecule has 2 rings (SSSR count). The fourth-order valence-electron chi connectivity index (χ4n) is 1.39. The number of carbonyl (C=O) groups is 2. The number of rotatable bonds is 2. The minimum atomic E-state index is -1.11. The Morgan fingerprint density at radius 1 is 1.31 bits per heavy atom. The highest BCUT2D eigenvalue weighted by atomic mass is 16.4. The first-order chi connectivity index (χ1) is 7.58. The molecule has 16 heavy (non-hydrogen) atoms. The Hall–Kier alpha value is -2.37. The van der Waals surface area contributed by atoms with Gasteiger partial charge in [-0.1, -0.05) is 6.07 Å². The van der Waals surface area contributed by atoms with E-state index in [-0.39, 0.29) is 5.56 Å². The summed E-state index contributed by atoms with van der Waals surface area (Å²) < 4.78 is 0. The van der Waals surface area contributed by atoms with Crippen molar-refractivity contribution in [2.75, 3.05) is 5.32 Å². The largest absolute Gasteiger partial charge is 0.478 e. The Morgan fingerprint density at radius 2 is 2.06 bits per heavy atom. The molecule has 1 heterocycles. The van der Waals surface area contributed by atoms with Crippen molar-refractivity contribution < 1.29 is 19.8 Å². The van der Waals surface area contributed by atoms with Crippen LogP contribution in [-0.2, 0) is 4.79 Å². The molecule has 82 valence electrons. The van der Waals surface area contributed by atoms with Crippen molar-refractivity contribution in [3.63, 3.8) is 0 Å². The number of fused-ring (bicyclic) bond motifs is 1. The Morgan fingerprint density at radius 3 is 2.69 bits per heavy atom. The van der Waals surface area contributed by atoms with Crippen LogP contribution in [0.1, 0.15) is 15.9 Å². The summed E-state index contributed by atoms with van der Waals surface area (Å²) in [4.78, 5) is 25.2. The van der Waals surface area contributed by atoms with E-state index in [2.05, 4.69) is 10.3 Å². The van der Waals surface area contributed by atoms with E-state index in [0.717, 1.165) is 0 Å². The van der Waals surface area contributed by atoms with Crippen LogP contribution in [0.3, 0.4) is 0 Å². The molecule has 1 atom stereocenters. The lowest BCUT2D eigenvalue weighted by Crippen LogP contribution is -2.30. The third-order valence-electron chi connectivity index (χ3n) is 2.19. The van der Waals surface area contributed by atoms with E-state index in [1.165, 1.54) is 18.3 Å². The molecule has 1 unspecified atom stereocenters. The molecule has 1 aromatic carbocycles. The summed E-state index contributed by atoms with van der Waals surface area (Å²) in [5, 5.41) is 20.2. The molecule has 6 nitrogen and oxygen atoms in total. The van der Waals surface area contributed by atoms with Crippen LogP contribution < -0.4 is 5.32 Å². The number of anilines is 1. The summed E-state index contributed by atoms with van der Waals surface area (Å²) in [7, 11) is 0. The minimum Gasteiger partial charge on any atom is -0.478 e. The lowest BCUT2D eigenvalue weighted by Gasteiger charge is -2.18. The van der Waals surface area contributed by atoms with Gasteiger partial charge in [-0.3, -0.25) is 4.99 Å². The van der Waals surface area contributed by atoms with Gasteiger partial charge in [-0.05, 0) is 12.1 Å². The summed E-state index contributed by atoms with van der Waals surface area (Å²) in [6.45, 7) is 0. The average Bonchev–Trinajstić information content (AvgIpc) is 2.27. The number of aliphatic imine (C=N–C) groups is 1. The van der Waals surface area contributed by atoms with Crippen LogP contribution in [0.2, 0.25) is 0 Å². The number of benzene rings is 1. The average molecular weight is 220 g/mol. The van der Waals surface area contributed by atoms with Crippen LogP contribution in [-0.4, -0.2) is 34.5 Å². The quantitative estimate of drug-likeness (QED) is 0.679. The highest BCUT2D eigenvalue weighted by molar-refractivity contribution is 5.97. The monoisotopic (exact) mass is 220 g/mol. The molecule has 0 aromatic heterocycles. The molecule has 0 saturated carbocycles. The van der Waals surface area contributed by atoms with E-state index in [0.29, 0.717) is 11.3 Å². The van der Waals surface area contributed by atoms with Crippen molar-refractivity contribution in [2.45, 2.75) is 6.17 Å². The number of aromatic carboxylic acids is 1. The number of carboxylic acids is 2. The van der Waals surface area contributed by atoms with E-state index in [1.807, 2.05) is 0 Å². The first kappa shape index (κ1) is 10.2. The maximum absolute atomic E-state index is 10.7. The second-order valence-corrected chi connectivity index (χ2v) is 3.27. The van der Waals surface area contributed by atoms with Crippen molar-refractivity contribution in [1.29, 1.82) is 0 Å². The lowest BCUT2D eigenvalue weighted by molar-refractivity contribution is -0.137. The van der Waals surface area contributed by atoms with Gasteiger partial charge in [-0.2, -0.15) is 0 Å². The fraction of sp³-hybridized carbons (Fsp3) is 0.100. The number of aliphatic carboxylic acids is 1. The van der Waals surface area contributed by atoms with Crippen LogP contribution in [0.4, 0.5) is 5.69 Å². The molecule has 0 aliphatic carbocycles. The molecule has 1 aliphatic rings. The van der Waals surface area contributed by atoms with E-state index >= 15 is 0 Å². The fourth-order valence-corrected chi connectivity index (χ4v) is 1.39. The minimum absolute atomic E-state index is 0.102. The highest BCUT2D eigenvalue weighted by Crippen LogP contribution is 2.21. The Labute approximate surface area is 90.2 Å². The van der Waals surface area contributed by atoms with Crippen LogP contribution >= 0.6 is 0 Å². The Balaban J connectivity index is 2.38. The smallest absolute Gasteiger partial charge is 0.349 e. The predicted octanol–water partition coefficient (Wildman–Crippen LogP) is 0.640. The zero-order chi connectivity index (χ0) is 11.7. The van der Waals surface area contributed by atoms with Gasteiger partial charge in [0.2, 0.25) is 6.17 Å². The van der Waals surface area contributed by atoms with Crippen molar-refractivity contribution >= 4 is 23.8 Å². The number of nitrogens with one attached hydrogen (secondary N) is 1. The van der Waals surface area contributed by atoms with E-state index in [9.17, 15) is 9.59 Å². The van der Waals surface area contributed by atoms with E-state index in [1.54, 1.807) is 6.07 Å². The van der Waals surface area contributed by atoms with Gasteiger partial charge >= 0.3 is 11.9 Å². The molecule has 0 fully saturated rings. The molecule has 0 spiro atoms. The summed E-state index contributed by atoms with van der Waals surface area (Å²) in [6.07, 6.45) is 0.354. The van der Waals surface area contributed by atoms with Gasteiger partial charge in [0.25, 0.3) is 0 Å². The summed E-state index contributed by atoms with van der Waals surface area (Å²) >= 11 is 0. The third kappa shape index (κ3) is 1.72. The molecule has 0 amide bonds. The number of hydrogen-bond acceptors (Lipinski definition) is 4. The van der Waals surface area contributed by atoms with E-state index < -0.39 is 18.1 Å². The maximum Gasteiger partial charge on any atom is 0.349 e. The predicted molar refractivity (Wildman–Crippen MR) is 56.0 cm³/mol. The zero-order valence-electron chi connectivity index (χ0n) is 8.04. The molecular formula is C10H8N2O4. The van der Waals surface area contributed by atoms with Gasteiger partial charge in [0.15, 0.2) is 0 Å². The number of carboxylic acid groups (broad SMARTS) is 2. The van der Waals surface area contributed by atoms with Crippen LogP contribution in [0, 0.1) is 0 Å². The van der Waals surface area contributed by atoms with Crippen molar-refractivity contribution in [3.05, 3.63) is 29.3 Å². The van der Waals surface area contributed by atoms with Gasteiger partial charge in [0.05, 0.1) is 5.56 Å². The molecule has 0 bridgehead atoms. The second kappa shape index (κ2) is 3.65. The molecular weight excluding hydrogens is 212 g/mol. The number of hydrogen-bond donors (Lipinski definition) is 3. The van der Waals surface area contributed by atoms with Gasteiger partial charge in [0, 0.05) is 17.5 Å². The van der Waals surface area contributed by atoms with Crippen molar-refractivity contribution in [3.8, 4) is 0 Å². The second-order valence-electron chi connectivity index (χ2n) is 3.27. The van der Waals surface area contributed by atoms with Gasteiger partial charge < -0.3 is 15.5 Å². The standard InChI is InChI=1S/C10H8N2O4/c13-9(14)5-1-2-6-4-11-8(10(15)16)12-7(6)3-5/h1-4,8,12H,(H,13,14)(H,15,16). The van der Waals surface area contributed by atoms with E-state index in [4.69, 9.17) is 10.2 Å². The lowest BCUT2D eigenvalue weighted by atomic mass is 10.1. The summed E-state index contributed by atoms with van der Waals surface area (Å²) in [5.74, 6) is -2.17. The first-order valence-electron chi connectivity index (χ1n) is 4.48. The van der Waals surface area contributed by atoms with Crippen molar-refractivity contribution in [2.24, 2.45) is 4.99 Å². The molecule has 3 N–H and O–H groups in total. The van der Waals surface area contributed by atoms with Crippen molar-refractivity contribution in [1.82, 2.24) is 0 Å². The summed E-state index contributed by atoms with van der Waals surface area (Å²) in [6, 6.07) is 4.40.